The van der Waals surface area contributed by atoms with Gasteiger partial charge >= 0.3 is 0 Å². The topological polar surface area (TPSA) is 39.9 Å². The van der Waals surface area contributed by atoms with Crippen molar-refractivity contribution in [3.05, 3.63) is 12.2 Å². The number of methoxy groups -OCH3 is 1. The zero-order valence-corrected chi connectivity index (χ0v) is 8.53. The van der Waals surface area contributed by atoms with Crippen LogP contribution >= 0.6 is 0 Å². The second kappa shape index (κ2) is 4.97. The van der Waals surface area contributed by atoms with Crippen molar-refractivity contribution < 1.29 is 4.74 Å². The van der Waals surface area contributed by atoms with E-state index in [0.717, 1.165) is 18.8 Å². The van der Waals surface area contributed by atoms with Crippen molar-refractivity contribution in [2.75, 3.05) is 13.7 Å². The normalized spacial score (nSPS) is 13.2. The highest BCUT2D eigenvalue weighted by molar-refractivity contribution is 4.93. The third-order valence-corrected chi connectivity index (χ3v) is 2.23. The average Bonchev–Trinajstić information content (AvgIpc) is 2.61. The molecule has 4 heteroatoms. The molecule has 13 heavy (non-hydrogen) atoms. The van der Waals surface area contributed by atoms with Crippen molar-refractivity contribution in [3.63, 3.8) is 0 Å². The summed E-state index contributed by atoms with van der Waals surface area (Å²) in [6, 6.07) is 0. The van der Waals surface area contributed by atoms with Gasteiger partial charge in [-0.3, -0.25) is 0 Å². The van der Waals surface area contributed by atoms with Gasteiger partial charge in [0.05, 0.1) is 6.61 Å². The first-order chi connectivity index (χ1) is 6.29. The van der Waals surface area contributed by atoms with Gasteiger partial charge in [0, 0.05) is 19.6 Å². The first-order valence-electron chi connectivity index (χ1n) is 4.66. The summed E-state index contributed by atoms with van der Waals surface area (Å²) < 4.78 is 7.06. The Morgan fingerprint density at radius 1 is 1.62 bits per heavy atom. The Labute approximate surface area is 78.9 Å². The van der Waals surface area contributed by atoms with Crippen LogP contribution in [0.15, 0.2) is 6.33 Å². The molecule has 0 fully saturated rings. The molecule has 4 nitrogen and oxygen atoms in total. The summed E-state index contributed by atoms with van der Waals surface area (Å²) in [6.07, 6.45) is 2.85. The molecule has 1 atom stereocenters. The zero-order valence-electron chi connectivity index (χ0n) is 8.53. The van der Waals surface area contributed by atoms with Crippen molar-refractivity contribution in [1.82, 2.24) is 14.8 Å². The van der Waals surface area contributed by atoms with Gasteiger partial charge in [-0.05, 0) is 6.42 Å². The fourth-order valence-corrected chi connectivity index (χ4v) is 1.19. The minimum atomic E-state index is 0.472. The van der Waals surface area contributed by atoms with E-state index in [1.165, 1.54) is 0 Å². The SMILES string of the molecule is CCC(C)c1nncn1CCOC. The molecule has 1 unspecified atom stereocenters. The Balaban J connectivity index is 2.65. The largest absolute Gasteiger partial charge is 0.383 e. The lowest BCUT2D eigenvalue weighted by Gasteiger charge is -2.09. The Hall–Kier alpha value is -0.900. The highest BCUT2D eigenvalue weighted by Crippen LogP contribution is 2.15. The van der Waals surface area contributed by atoms with Crippen molar-refractivity contribution in [2.24, 2.45) is 0 Å². The van der Waals surface area contributed by atoms with E-state index >= 15 is 0 Å². The predicted molar refractivity (Wildman–Crippen MR) is 50.6 cm³/mol. The molecule has 0 radical (unpaired) electrons. The maximum atomic E-state index is 5.01. The van der Waals surface area contributed by atoms with Gasteiger partial charge in [-0.15, -0.1) is 10.2 Å². The van der Waals surface area contributed by atoms with Crippen LogP contribution in [0.1, 0.15) is 32.0 Å². The van der Waals surface area contributed by atoms with E-state index in [9.17, 15) is 0 Å². The van der Waals surface area contributed by atoms with E-state index in [1.54, 1.807) is 13.4 Å². The summed E-state index contributed by atoms with van der Waals surface area (Å²) in [7, 11) is 1.70. The van der Waals surface area contributed by atoms with E-state index in [4.69, 9.17) is 4.74 Å². The van der Waals surface area contributed by atoms with Crippen LogP contribution in [-0.2, 0) is 11.3 Å². The Bertz CT molecular complexity index is 247. The van der Waals surface area contributed by atoms with Gasteiger partial charge in [-0.25, -0.2) is 0 Å². The van der Waals surface area contributed by atoms with Gasteiger partial charge < -0.3 is 9.30 Å². The van der Waals surface area contributed by atoms with Crippen molar-refractivity contribution in [2.45, 2.75) is 32.7 Å². The summed E-state index contributed by atoms with van der Waals surface area (Å²) in [6.45, 7) is 5.86. The quantitative estimate of drug-likeness (QED) is 0.693. The second-order valence-electron chi connectivity index (χ2n) is 3.18. The van der Waals surface area contributed by atoms with Gasteiger partial charge in [0.1, 0.15) is 12.2 Å². The number of ether oxygens (including phenoxy) is 1. The minimum absolute atomic E-state index is 0.472. The van der Waals surface area contributed by atoms with Crippen molar-refractivity contribution in [3.8, 4) is 0 Å². The lowest BCUT2D eigenvalue weighted by Crippen LogP contribution is -2.09. The first-order valence-corrected chi connectivity index (χ1v) is 4.66. The highest BCUT2D eigenvalue weighted by Gasteiger charge is 2.10. The van der Waals surface area contributed by atoms with E-state index in [2.05, 4.69) is 28.6 Å². The molecule has 1 aromatic heterocycles. The van der Waals surface area contributed by atoms with Gasteiger partial charge in [0.15, 0.2) is 0 Å². The van der Waals surface area contributed by atoms with Crippen LogP contribution in [0.5, 0.6) is 0 Å². The van der Waals surface area contributed by atoms with Crippen molar-refractivity contribution >= 4 is 0 Å². The van der Waals surface area contributed by atoms with Crippen molar-refractivity contribution in [1.29, 1.82) is 0 Å². The minimum Gasteiger partial charge on any atom is -0.383 e. The number of hydrogen-bond donors (Lipinski definition) is 0. The fourth-order valence-electron chi connectivity index (χ4n) is 1.19. The number of rotatable bonds is 5. The smallest absolute Gasteiger partial charge is 0.135 e. The Morgan fingerprint density at radius 2 is 2.38 bits per heavy atom. The molecule has 0 N–H and O–H groups in total. The number of nitrogens with zero attached hydrogens (tertiary/aromatic N) is 3. The van der Waals surface area contributed by atoms with E-state index in [0.29, 0.717) is 12.5 Å². The van der Waals surface area contributed by atoms with Gasteiger partial charge in [-0.1, -0.05) is 13.8 Å². The molecule has 1 aromatic rings. The number of hydrogen-bond acceptors (Lipinski definition) is 3. The molecule has 0 saturated heterocycles. The molecule has 0 aliphatic carbocycles. The molecular formula is C9H17N3O. The second-order valence-corrected chi connectivity index (χ2v) is 3.18. The Kier molecular flexibility index (Phi) is 3.89. The third-order valence-electron chi connectivity index (χ3n) is 2.23. The van der Waals surface area contributed by atoms with Crippen LogP contribution in [0.4, 0.5) is 0 Å². The summed E-state index contributed by atoms with van der Waals surface area (Å²) in [4.78, 5) is 0. The molecule has 1 rings (SSSR count). The third kappa shape index (κ3) is 2.52. The summed E-state index contributed by atoms with van der Waals surface area (Å²) in [5.74, 6) is 1.53. The van der Waals surface area contributed by atoms with Crippen LogP contribution in [0.3, 0.4) is 0 Å². The van der Waals surface area contributed by atoms with E-state index in [1.807, 2.05) is 0 Å². The van der Waals surface area contributed by atoms with E-state index in [-0.39, 0.29) is 0 Å². The standard InChI is InChI=1S/C9H17N3O/c1-4-8(2)9-11-10-7-12(9)5-6-13-3/h7-8H,4-6H2,1-3H3. The molecule has 0 amide bonds. The molecule has 0 aliphatic heterocycles. The van der Waals surface area contributed by atoms with Crippen LogP contribution in [0.25, 0.3) is 0 Å². The fraction of sp³-hybridized carbons (Fsp3) is 0.778. The van der Waals surface area contributed by atoms with Crippen LogP contribution in [0.2, 0.25) is 0 Å². The molecule has 74 valence electrons. The monoisotopic (exact) mass is 183 g/mol. The zero-order chi connectivity index (χ0) is 9.68. The molecule has 0 saturated carbocycles. The molecule has 0 aliphatic rings. The predicted octanol–water partition coefficient (Wildman–Crippen LogP) is 1.44. The molecule has 0 spiro atoms. The maximum Gasteiger partial charge on any atom is 0.135 e. The first kappa shape index (κ1) is 10.2. The Morgan fingerprint density at radius 3 is 3.00 bits per heavy atom. The summed E-state index contributed by atoms with van der Waals surface area (Å²) >= 11 is 0. The molecular weight excluding hydrogens is 166 g/mol. The highest BCUT2D eigenvalue weighted by atomic mass is 16.5. The average molecular weight is 183 g/mol. The molecule has 0 aromatic carbocycles. The summed E-state index contributed by atoms with van der Waals surface area (Å²) in [5.41, 5.74) is 0. The lowest BCUT2D eigenvalue weighted by molar-refractivity contribution is 0.186. The molecule has 1 heterocycles. The van der Waals surface area contributed by atoms with Gasteiger partial charge in [0.2, 0.25) is 0 Å². The maximum absolute atomic E-state index is 5.01. The number of aromatic nitrogens is 3. The van der Waals surface area contributed by atoms with Gasteiger partial charge in [-0.2, -0.15) is 0 Å². The summed E-state index contributed by atoms with van der Waals surface area (Å²) in [5, 5.41) is 8.00. The molecule has 0 bridgehead atoms. The van der Waals surface area contributed by atoms with Crippen LogP contribution in [-0.4, -0.2) is 28.5 Å². The lowest BCUT2D eigenvalue weighted by atomic mass is 10.1. The van der Waals surface area contributed by atoms with E-state index < -0.39 is 0 Å². The van der Waals surface area contributed by atoms with Crippen LogP contribution < -0.4 is 0 Å². The van der Waals surface area contributed by atoms with Gasteiger partial charge in [0.25, 0.3) is 0 Å². The van der Waals surface area contributed by atoms with Crippen LogP contribution in [0, 0.1) is 0 Å².